The summed E-state index contributed by atoms with van der Waals surface area (Å²) in [4.78, 5) is 247. The Bertz CT molecular complexity index is 4900. The molecule has 1 aliphatic heterocycles. The third kappa shape index (κ3) is 35.5. The Kier molecular flexibility index (Phi) is 43.8. The smallest absolute Gasteiger partial charge is 0.246 e. The molecule has 0 unspecified atom stereocenters. The zero-order valence-electron chi connectivity index (χ0n) is 77.9. The van der Waals surface area contributed by atoms with E-state index in [-0.39, 0.29) is 134 Å². The van der Waals surface area contributed by atoms with Crippen LogP contribution in [0, 0.1) is 5.92 Å². The number of fused-ring (bicyclic) bond motifs is 2. The molecule has 2 heterocycles. The van der Waals surface area contributed by atoms with E-state index in [1.54, 1.807) is 82.4 Å². The molecular formula is C92H136N20O19S2. The number of nitrogens with one attached hydrogen (secondary N) is 15. The quantitative estimate of drug-likeness (QED) is 0.0187. The van der Waals surface area contributed by atoms with Crippen LogP contribution in [0.1, 0.15) is 195 Å². The molecule has 17 amide bonds. The molecule has 0 aliphatic carbocycles. The van der Waals surface area contributed by atoms with E-state index in [9.17, 15) is 57.8 Å². The lowest BCUT2D eigenvalue weighted by atomic mass is 9.91. The average Bonchev–Trinajstić information content (AvgIpc) is 0.883. The van der Waals surface area contributed by atoms with E-state index >= 15 is 28.8 Å². The van der Waals surface area contributed by atoms with E-state index in [4.69, 9.17) is 33.4 Å². The van der Waals surface area contributed by atoms with Crippen molar-refractivity contribution in [3.8, 4) is 5.75 Å². The van der Waals surface area contributed by atoms with Crippen molar-refractivity contribution in [2.24, 2.45) is 34.6 Å². The molecule has 41 heteroatoms. The van der Waals surface area contributed by atoms with Crippen LogP contribution in [-0.4, -0.2) is 231 Å². The van der Waals surface area contributed by atoms with Crippen molar-refractivity contribution in [1.29, 1.82) is 0 Å². The van der Waals surface area contributed by atoms with Gasteiger partial charge < -0.3 is 118 Å². The predicted octanol–water partition coefficient (Wildman–Crippen LogP) is 0.614. The van der Waals surface area contributed by atoms with Crippen molar-refractivity contribution in [1.82, 2.24) is 79.4 Å². The van der Waals surface area contributed by atoms with E-state index in [0.717, 1.165) is 75.5 Å². The minimum Gasteiger partial charge on any atom is -0.492 e. The summed E-state index contributed by atoms with van der Waals surface area (Å²) >= 11 is 0. The van der Waals surface area contributed by atoms with Crippen molar-refractivity contribution < 1.29 is 91.4 Å². The van der Waals surface area contributed by atoms with E-state index in [2.05, 4.69) is 79.4 Å². The van der Waals surface area contributed by atoms with Gasteiger partial charge in [0.05, 0.1) is 18.9 Å². The van der Waals surface area contributed by atoms with Crippen LogP contribution in [0.5, 0.6) is 5.75 Å². The molecule has 730 valence electrons. The molecular weight excluding hydrogens is 1750 g/mol. The van der Waals surface area contributed by atoms with Gasteiger partial charge in [-0.25, -0.2) is 0 Å². The van der Waals surface area contributed by atoms with Gasteiger partial charge in [-0.2, -0.15) is 0 Å². The Morgan fingerprint density at radius 2 is 1.13 bits per heavy atom. The van der Waals surface area contributed by atoms with Gasteiger partial charge in [-0.3, -0.25) is 81.5 Å². The molecule has 0 spiro atoms. The largest absolute Gasteiger partial charge is 0.492 e. The number of nitrogens with two attached hydrogens (primary N) is 5. The Labute approximate surface area is 783 Å². The second-order valence-electron chi connectivity index (χ2n) is 35.3. The van der Waals surface area contributed by atoms with E-state index < -0.39 is 189 Å². The average molecular weight is 1890 g/mol. The Morgan fingerprint density at radius 1 is 0.549 bits per heavy atom. The molecule has 5 aromatic rings. The molecule has 133 heavy (non-hydrogen) atoms. The number of carbonyl (C=O) groups excluding carboxylic acids is 17. The number of H-pyrrole nitrogens is 1. The van der Waals surface area contributed by atoms with Gasteiger partial charge in [-0.1, -0.05) is 122 Å². The fourth-order valence-corrected chi connectivity index (χ4v) is 18.0. The first-order chi connectivity index (χ1) is 62.8. The number of rotatable bonds is 47. The second-order valence-corrected chi connectivity index (χ2v) is 38.8. The maximum absolute atomic E-state index is 16.4. The monoisotopic (exact) mass is 1890 g/mol. The molecule has 1 aliphatic rings. The lowest BCUT2D eigenvalue weighted by Gasteiger charge is -2.39. The highest BCUT2D eigenvalue weighted by Crippen LogP contribution is 2.47. The normalized spacial score (nSPS) is 19.1. The summed E-state index contributed by atoms with van der Waals surface area (Å²) in [7, 11) is 1.83. The molecule has 13 atom stereocenters. The first kappa shape index (κ1) is 110. The fraction of sp³-hybridized carbons (Fsp3) is 0.554. The standard InChI is InChI=1S/C92H136N20O19S2/c1-13-23-59-26-22-27-63-61(50-100-75(59)63)34-37-66-80(121)102-64(28-16-20-41-98-53(5)114)81(122)111-77(91(10,11)133-132-90(8,9)76(101-55(7)116)87(128)108-71(49-73(96)118)84(125)110-74(52(4)113)86(127)103-66)88(129)107-68(46-56-31-35-62(36-32-56)131-43-40-94)82(123)105-69(47-57-30-33-58-24-14-15-25-60(58)45-57)85(126)112-92(12,38-18-19-39-93)89(130)109-65(29-17-21-42-99-54(6)115)79(120)106-70(48-72(95)117)83(124)104-67(78(97)119)44-51(2)3/h14-15,22,24-27,30-33,35-36,45,50-52,64-71,74,76-77,100,113H,13,16-21,23,28-29,34,37-44,46-49,93-94H2,1-12H3,(H2,95,117)(H2,96,118)(H2,97,119)(H,98,114)(H,99,115)(H,101,116)(H,102,121)(H,103,127)(H,104,124)(H,105,123)(H,106,120)(H,107,129)(H,108,128)(H,109,130)(H,110,125)(H,111,122)(H,112,126)/t52-,64+,65+,66+,67-,68+,69+,70+,71+,74+,76-,77-,92+/m1/s1. The number of aliphatic hydroxyl groups excluding tert-OH is 1. The molecule has 0 bridgehead atoms. The predicted molar refractivity (Wildman–Crippen MR) is 506 cm³/mol. The number of aryl methyl sites for hydroxylation is 2. The van der Waals surface area contributed by atoms with Crippen molar-refractivity contribution in [3.63, 3.8) is 0 Å². The second kappa shape index (κ2) is 53.1. The first-order valence-corrected chi connectivity index (χ1v) is 47.1. The molecule has 6 rings (SSSR count). The van der Waals surface area contributed by atoms with Gasteiger partial charge >= 0.3 is 0 Å². The van der Waals surface area contributed by atoms with Crippen molar-refractivity contribution in [2.75, 3.05) is 32.8 Å². The summed E-state index contributed by atoms with van der Waals surface area (Å²) < 4.78 is 2.59. The Balaban J connectivity index is 1.54. The summed E-state index contributed by atoms with van der Waals surface area (Å²) in [5.41, 5.74) is 30.2. The van der Waals surface area contributed by atoms with E-state index in [1.165, 1.54) is 34.6 Å². The Morgan fingerprint density at radius 3 is 1.74 bits per heavy atom. The number of carbonyl (C=O) groups is 17. The van der Waals surface area contributed by atoms with E-state index in [0.29, 0.717) is 28.9 Å². The number of unbranched alkanes of at least 4 members (excludes halogenated alkanes) is 3. The molecule has 4 aromatic carbocycles. The zero-order chi connectivity index (χ0) is 98.6. The molecule has 0 saturated carbocycles. The minimum absolute atomic E-state index is 0.0847. The first-order valence-electron chi connectivity index (χ1n) is 45.0. The van der Waals surface area contributed by atoms with Crippen LogP contribution < -0.4 is 108 Å². The summed E-state index contributed by atoms with van der Waals surface area (Å²) in [5, 5.41) is 51.3. The number of aromatic nitrogens is 1. The van der Waals surface area contributed by atoms with Crippen LogP contribution in [0.25, 0.3) is 21.7 Å². The van der Waals surface area contributed by atoms with Crippen LogP contribution >= 0.6 is 21.6 Å². The fourth-order valence-electron chi connectivity index (χ4n) is 15.2. The highest BCUT2D eigenvalue weighted by molar-refractivity contribution is 8.77. The van der Waals surface area contributed by atoms with Crippen LogP contribution in [-0.2, 0) is 107 Å². The summed E-state index contributed by atoms with van der Waals surface area (Å²) in [5.74, 6) is -15.7. The lowest BCUT2D eigenvalue weighted by molar-refractivity contribution is -0.138. The van der Waals surface area contributed by atoms with E-state index in [1.807, 2.05) is 43.3 Å². The third-order valence-corrected chi connectivity index (χ3v) is 26.7. The molecule has 26 N–H and O–H groups in total. The van der Waals surface area contributed by atoms with Gasteiger partial charge in [-0.15, -0.1) is 0 Å². The number of aromatic amines is 1. The molecule has 1 fully saturated rings. The third-order valence-electron chi connectivity index (χ3n) is 22.4. The Hall–Kier alpha value is -11.9. The number of primary amides is 3. The van der Waals surface area contributed by atoms with Gasteiger partial charge in [0, 0.05) is 79.8 Å². The molecule has 39 nitrogen and oxygen atoms in total. The lowest BCUT2D eigenvalue weighted by Crippen LogP contribution is -2.65. The number of para-hydroxylation sites is 1. The maximum Gasteiger partial charge on any atom is 0.246 e. The van der Waals surface area contributed by atoms with Crippen molar-refractivity contribution in [3.05, 3.63) is 113 Å². The van der Waals surface area contributed by atoms with Gasteiger partial charge in [0.2, 0.25) is 100 Å². The van der Waals surface area contributed by atoms with Gasteiger partial charge in [-0.05, 0) is 183 Å². The number of hydrogen-bond acceptors (Lipinski definition) is 23. The number of hydrogen-bond donors (Lipinski definition) is 21. The summed E-state index contributed by atoms with van der Waals surface area (Å²) in [6.07, 6.45) is -0.101. The SMILES string of the molecule is CCCc1cccc2c(CC[C@@H]3NC(=O)[C@H]([C@@H](C)O)NC(=O)[C@H](CC(N)=O)NC(=O)[C@@H](NC(C)=O)C(C)(C)SSC(C)(C)[C@@H](C(=O)N[C@@H](Cc4ccc(OCCN)cc4)C(=O)N[C@@H](Cc4ccc5ccccc5c4)C(=O)N[C@@](C)(CCCCN)C(=O)N[C@@H](CCCCNC(C)=O)C(=O)N[C@@H](CC(N)=O)C(=O)N[C@H](CC(C)C)C(N)=O)NC(=O)[C@H](CCCCNC(C)=O)NC3=O)c[nH]c12. The van der Waals surface area contributed by atoms with Gasteiger partial charge in [0.15, 0.2) is 0 Å². The summed E-state index contributed by atoms with van der Waals surface area (Å²) in [6, 6.07) is 6.30. The van der Waals surface area contributed by atoms with Crippen LogP contribution in [0.15, 0.2) is 91.1 Å². The molecule has 0 radical (unpaired) electrons. The number of aliphatic hydroxyl groups is 1. The zero-order valence-corrected chi connectivity index (χ0v) is 79.6. The van der Waals surface area contributed by atoms with Crippen LogP contribution in [0.3, 0.4) is 0 Å². The minimum atomic E-state index is -2.02. The van der Waals surface area contributed by atoms with Crippen LogP contribution in [0.4, 0.5) is 0 Å². The molecule has 1 aromatic heterocycles. The highest BCUT2D eigenvalue weighted by Gasteiger charge is 2.47. The number of amides is 17. The number of ether oxygens (including phenoxy) is 1. The maximum atomic E-state index is 16.4. The van der Waals surface area contributed by atoms with Gasteiger partial charge in [0.1, 0.15) is 84.4 Å². The number of benzene rings is 4. The topological polar surface area (TPSA) is 634 Å². The van der Waals surface area contributed by atoms with Crippen molar-refractivity contribution >= 4 is 144 Å². The van der Waals surface area contributed by atoms with Gasteiger partial charge in [0.25, 0.3) is 0 Å². The van der Waals surface area contributed by atoms with Crippen molar-refractivity contribution in [2.45, 2.75) is 286 Å². The molecule has 1 saturated heterocycles. The summed E-state index contributed by atoms with van der Waals surface area (Å²) in [6.45, 7) is 18.6. The highest BCUT2D eigenvalue weighted by atomic mass is 33.1. The van der Waals surface area contributed by atoms with Crippen LogP contribution in [0.2, 0.25) is 0 Å².